The maximum atomic E-state index is 12.5. The van der Waals surface area contributed by atoms with E-state index in [1.54, 1.807) is 24.0 Å². The molecule has 24 heavy (non-hydrogen) atoms. The van der Waals surface area contributed by atoms with Gasteiger partial charge in [-0.3, -0.25) is 14.4 Å². The second-order valence-corrected chi connectivity index (χ2v) is 7.38. The minimum absolute atomic E-state index is 0.0348. The summed E-state index contributed by atoms with van der Waals surface area (Å²) in [5, 5.41) is 7.49. The molecule has 2 heterocycles. The third kappa shape index (κ3) is 4.80. The Hall–Kier alpha value is -1.89. The summed E-state index contributed by atoms with van der Waals surface area (Å²) in [6.45, 7) is 6.68. The summed E-state index contributed by atoms with van der Waals surface area (Å²) in [5.74, 6) is -0.289. The normalized spacial score (nSPS) is 16.8. The molecule has 1 atom stereocenters. The molecule has 0 radical (unpaired) electrons. The molecule has 0 saturated carbocycles. The highest BCUT2D eigenvalue weighted by Gasteiger charge is 2.30. The molecule has 0 aliphatic carbocycles. The van der Waals surface area contributed by atoms with Crippen molar-refractivity contribution in [1.82, 2.24) is 15.5 Å². The van der Waals surface area contributed by atoms with Crippen LogP contribution in [-0.4, -0.2) is 47.8 Å². The van der Waals surface area contributed by atoms with E-state index in [-0.39, 0.29) is 29.7 Å². The third-order valence-electron chi connectivity index (χ3n) is 4.07. The van der Waals surface area contributed by atoms with Crippen LogP contribution in [0.4, 0.5) is 0 Å². The van der Waals surface area contributed by atoms with Crippen LogP contribution >= 0.6 is 11.3 Å². The van der Waals surface area contributed by atoms with Crippen molar-refractivity contribution in [1.29, 1.82) is 0 Å². The van der Waals surface area contributed by atoms with Crippen molar-refractivity contribution in [2.24, 2.45) is 5.92 Å². The average molecular weight is 351 g/mol. The molecule has 6 nitrogen and oxygen atoms in total. The van der Waals surface area contributed by atoms with Crippen LogP contribution in [0, 0.1) is 5.92 Å². The molecule has 7 heteroatoms. The molecular weight excluding hydrogens is 326 g/mol. The summed E-state index contributed by atoms with van der Waals surface area (Å²) in [4.78, 5) is 38.9. The molecule has 0 aromatic carbocycles. The van der Waals surface area contributed by atoms with E-state index in [1.165, 1.54) is 11.3 Å². The van der Waals surface area contributed by atoms with E-state index in [9.17, 15) is 14.4 Å². The highest BCUT2D eigenvalue weighted by Crippen LogP contribution is 2.18. The fourth-order valence-electron chi connectivity index (χ4n) is 2.78. The number of nitrogens with zero attached hydrogens (tertiary/aromatic N) is 1. The summed E-state index contributed by atoms with van der Waals surface area (Å²) >= 11 is 1.35. The van der Waals surface area contributed by atoms with Crippen molar-refractivity contribution in [3.05, 3.63) is 22.4 Å². The number of piperidine rings is 1. The van der Waals surface area contributed by atoms with Gasteiger partial charge in [0, 0.05) is 25.0 Å². The molecular formula is C17H25N3O3S. The second-order valence-electron chi connectivity index (χ2n) is 6.44. The molecule has 0 bridgehead atoms. The maximum absolute atomic E-state index is 12.5. The predicted molar refractivity (Wildman–Crippen MR) is 93.8 cm³/mol. The van der Waals surface area contributed by atoms with Crippen molar-refractivity contribution in [2.75, 3.05) is 13.1 Å². The molecule has 2 N–H and O–H groups in total. The minimum atomic E-state index is -0.569. The average Bonchev–Trinajstić information content (AvgIpc) is 3.08. The number of hydrogen-bond acceptors (Lipinski definition) is 4. The Bertz CT molecular complexity index is 578. The number of rotatable bonds is 5. The van der Waals surface area contributed by atoms with E-state index in [1.807, 2.05) is 19.2 Å². The quantitative estimate of drug-likeness (QED) is 0.846. The fraction of sp³-hybridized carbons (Fsp3) is 0.588. The lowest BCUT2D eigenvalue weighted by Crippen LogP contribution is -2.50. The summed E-state index contributed by atoms with van der Waals surface area (Å²) in [6, 6.07) is 3.10. The number of hydrogen-bond donors (Lipinski definition) is 2. The van der Waals surface area contributed by atoms with Crippen molar-refractivity contribution >= 4 is 29.1 Å². The Labute approximate surface area is 146 Å². The highest BCUT2D eigenvalue weighted by atomic mass is 32.1. The van der Waals surface area contributed by atoms with Crippen molar-refractivity contribution in [3.8, 4) is 0 Å². The molecule has 1 saturated heterocycles. The van der Waals surface area contributed by atoms with Gasteiger partial charge in [-0.2, -0.15) is 0 Å². The number of carbonyl (C=O) groups is 3. The van der Waals surface area contributed by atoms with E-state index in [0.29, 0.717) is 30.8 Å². The maximum Gasteiger partial charge on any atom is 0.261 e. The number of thiophene rings is 1. The van der Waals surface area contributed by atoms with Crippen molar-refractivity contribution < 1.29 is 14.4 Å². The van der Waals surface area contributed by atoms with Crippen LogP contribution in [-0.2, 0) is 9.59 Å². The standard InChI is InChI=1S/C17H25N3O3S/c1-11(2)18-15(21)13-6-8-20(9-7-13)17(23)12(3)19-16(22)14-5-4-10-24-14/h4-5,10-13H,6-9H2,1-3H3,(H,18,21)(H,19,22). The largest absolute Gasteiger partial charge is 0.354 e. The van der Waals surface area contributed by atoms with E-state index in [2.05, 4.69) is 10.6 Å². The van der Waals surface area contributed by atoms with Gasteiger partial charge in [-0.15, -0.1) is 11.3 Å². The zero-order valence-electron chi connectivity index (χ0n) is 14.4. The molecule has 2 rings (SSSR count). The van der Waals surface area contributed by atoms with Gasteiger partial charge in [-0.05, 0) is 45.1 Å². The molecule has 1 aliphatic rings. The van der Waals surface area contributed by atoms with Crippen LogP contribution in [0.1, 0.15) is 43.3 Å². The molecule has 1 aliphatic heterocycles. The Morgan fingerprint density at radius 2 is 1.83 bits per heavy atom. The van der Waals surface area contributed by atoms with Crippen LogP contribution in [0.15, 0.2) is 17.5 Å². The second kappa shape index (κ2) is 8.28. The minimum Gasteiger partial charge on any atom is -0.354 e. The SMILES string of the molecule is CC(C)NC(=O)C1CCN(C(=O)C(C)NC(=O)c2cccs2)CC1. The van der Waals surface area contributed by atoms with Crippen molar-refractivity contribution in [3.63, 3.8) is 0 Å². The Balaban J connectivity index is 1.81. The Kier molecular flexibility index (Phi) is 6.36. The van der Waals surface area contributed by atoms with Gasteiger partial charge < -0.3 is 15.5 Å². The summed E-state index contributed by atoms with van der Waals surface area (Å²) in [7, 11) is 0. The lowest BCUT2D eigenvalue weighted by molar-refractivity contribution is -0.137. The molecule has 3 amide bonds. The van der Waals surface area contributed by atoms with Gasteiger partial charge in [0.25, 0.3) is 5.91 Å². The number of nitrogens with one attached hydrogen (secondary N) is 2. The van der Waals surface area contributed by atoms with Gasteiger partial charge in [0.05, 0.1) is 4.88 Å². The van der Waals surface area contributed by atoms with Crippen LogP contribution in [0.3, 0.4) is 0 Å². The summed E-state index contributed by atoms with van der Waals surface area (Å²) < 4.78 is 0. The summed E-state index contributed by atoms with van der Waals surface area (Å²) in [5.41, 5.74) is 0. The lowest BCUT2D eigenvalue weighted by Gasteiger charge is -2.33. The van der Waals surface area contributed by atoms with Crippen LogP contribution in [0.5, 0.6) is 0 Å². The highest BCUT2D eigenvalue weighted by molar-refractivity contribution is 7.12. The first-order valence-corrected chi connectivity index (χ1v) is 9.20. The van der Waals surface area contributed by atoms with Crippen molar-refractivity contribution in [2.45, 2.75) is 45.7 Å². The molecule has 1 aromatic heterocycles. The lowest BCUT2D eigenvalue weighted by atomic mass is 9.95. The zero-order valence-corrected chi connectivity index (χ0v) is 15.2. The molecule has 1 fully saturated rings. The molecule has 1 aromatic rings. The molecule has 0 spiro atoms. The van der Waals surface area contributed by atoms with Crippen LogP contribution in [0.2, 0.25) is 0 Å². The summed E-state index contributed by atoms with van der Waals surface area (Å²) in [6.07, 6.45) is 1.33. The first-order valence-electron chi connectivity index (χ1n) is 8.32. The topological polar surface area (TPSA) is 78.5 Å². The number of amides is 3. The smallest absolute Gasteiger partial charge is 0.261 e. The fourth-order valence-corrected chi connectivity index (χ4v) is 3.40. The van der Waals surface area contributed by atoms with Crippen LogP contribution < -0.4 is 10.6 Å². The van der Waals surface area contributed by atoms with E-state index >= 15 is 0 Å². The number of carbonyl (C=O) groups excluding carboxylic acids is 3. The van der Waals surface area contributed by atoms with Gasteiger partial charge in [0.1, 0.15) is 6.04 Å². The van der Waals surface area contributed by atoms with E-state index in [0.717, 1.165) is 0 Å². The predicted octanol–water partition coefficient (Wildman–Crippen LogP) is 1.63. The zero-order chi connectivity index (χ0) is 17.7. The van der Waals surface area contributed by atoms with E-state index < -0.39 is 6.04 Å². The van der Waals surface area contributed by atoms with Gasteiger partial charge >= 0.3 is 0 Å². The Morgan fingerprint density at radius 3 is 2.38 bits per heavy atom. The monoisotopic (exact) mass is 351 g/mol. The first kappa shape index (κ1) is 18.4. The van der Waals surface area contributed by atoms with Crippen LogP contribution in [0.25, 0.3) is 0 Å². The van der Waals surface area contributed by atoms with E-state index in [4.69, 9.17) is 0 Å². The number of likely N-dealkylation sites (tertiary alicyclic amines) is 1. The van der Waals surface area contributed by atoms with Gasteiger partial charge in [-0.1, -0.05) is 6.07 Å². The molecule has 132 valence electrons. The van der Waals surface area contributed by atoms with Gasteiger partial charge in [0.15, 0.2) is 0 Å². The van der Waals surface area contributed by atoms with Gasteiger partial charge in [0.2, 0.25) is 11.8 Å². The Morgan fingerprint density at radius 1 is 1.17 bits per heavy atom. The van der Waals surface area contributed by atoms with Gasteiger partial charge in [-0.25, -0.2) is 0 Å². The third-order valence-corrected chi connectivity index (χ3v) is 4.94. The molecule has 1 unspecified atom stereocenters. The first-order chi connectivity index (χ1) is 11.4.